The first-order valence-electron chi connectivity index (χ1n) is 33.5. The summed E-state index contributed by atoms with van der Waals surface area (Å²) in [6.45, 7) is 15.8. The minimum atomic E-state index is -1.97. The summed E-state index contributed by atoms with van der Waals surface area (Å²) in [7, 11) is 0. The van der Waals surface area contributed by atoms with Crippen LogP contribution in [0.4, 0.5) is 0 Å². The molecule has 11 aliphatic rings. The zero-order chi connectivity index (χ0) is 68.6. The molecule has 37 atom stereocenters. The molecule has 0 bridgehead atoms. The largest absolute Gasteiger partial charge is 0.432 e. The number of fused-ring (bicyclic) bond motifs is 7. The number of aliphatic hydroxyl groups is 17. The maximum absolute atomic E-state index is 15.3. The van der Waals surface area contributed by atoms with E-state index < -0.39 is 238 Å². The van der Waals surface area contributed by atoms with E-state index in [0.29, 0.717) is 38.5 Å². The van der Waals surface area contributed by atoms with Crippen LogP contribution < -0.4 is 0 Å². The molecule has 540 valence electrons. The summed E-state index contributed by atoms with van der Waals surface area (Å²) in [6.07, 6.45) is -39.3. The van der Waals surface area contributed by atoms with Gasteiger partial charge in [0.15, 0.2) is 31.5 Å². The molecule has 0 spiro atoms. The normalized spacial score (nSPS) is 55.0. The van der Waals surface area contributed by atoms with Crippen molar-refractivity contribution in [1.82, 2.24) is 0 Å². The van der Waals surface area contributed by atoms with Crippen LogP contribution in [0.1, 0.15) is 120 Å². The van der Waals surface area contributed by atoms with E-state index in [9.17, 15) is 86.8 Å². The van der Waals surface area contributed by atoms with E-state index in [1.165, 1.54) is 13.8 Å². The van der Waals surface area contributed by atoms with Crippen molar-refractivity contribution in [3.8, 4) is 0 Å². The Morgan fingerprint density at radius 2 is 1.06 bits per heavy atom. The van der Waals surface area contributed by atoms with E-state index >= 15 is 4.79 Å². The number of aliphatic hydroxyl groups excluding tert-OH is 17. The van der Waals surface area contributed by atoms with Crippen LogP contribution >= 0.6 is 0 Å². The first kappa shape index (κ1) is 73.3. The van der Waals surface area contributed by atoms with Gasteiger partial charge in [-0.05, 0) is 111 Å². The SMILES string of the molecule is C[C@@H]1O[C@@H](O[C@H]2[C@H](O)[C@@H](O)[C@H](OC[C@H]3O[C@@H](OC(=O)[C@]45CCC(C)(C)[C@@H](O)[C@H]4C4=CC[C@@H]6[C@@]7(C)CC[C@H](O[C@@H]8OC[C@H](O)[C@H](O)[C@H]8O[C@@H]8O[C@@H](C)[C@H](O)[C@@H](O[C@@H]9OC[C@@H](O)[C@H](O)[C@H]9O)[C@H]8O)C(C)(C)[C@@H]7CC[C@@]6(C)[C@]4(C)CC5)[C@H](O)[C@@H](O)[C@@H]3O)O[C@@H]2CO)[C@H](O)[C@H](O)[C@H]1O. The number of carbonyl (C=O) groups excluding carboxylic acids is 1. The van der Waals surface area contributed by atoms with Crippen LogP contribution in [0.15, 0.2) is 11.6 Å². The van der Waals surface area contributed by atoms with E-state index in [0.717, 1.165) is 18.4 Å². The molecule has 11 rings (SSSR count). The van der Waals surface area contributed by atoms with Crippen molar-refractivity contribution in [2.75, 3.05) is 26.4 Å². The second-order valence-corrected chi connectivity index (χ2v) is 31.0. The van der Waals surface area contributed by atoms with Crippen LogP contribution in [0.3, 0.4) is 0 Å². The Kier molecular flexibility index (Phi) is 21.2. The molecule has 17 N–H and O–H groups in total. The van der Waals surface area contributed by atoms with Gasteiger partial charge in [-0.1, -0.05) is 60.1 Å². The number of hydrogen-bond acceptors (Lipinski definition) is 30. The molecule has 94 heavy (non-hydrogen) atoms. The van der Waals surface area contributed by atoms with Gasteiger partial charge in [-0.25, -0.2) is 0 Å². The minimum Gasteiger partial charge on any atom is -0.432 e. The van der Waals surface area contributed by atoms with Crippen LogP contribution in [0.25, 0.3) is 0 Å². The van der Waals surface area contributed by atoms with E-state index in [1.54, 1.807) is 0 Å². The predicted octanol–water partition coefficient (Wildman–Crippen LogP) is -4.08. The number of ether oxygens (including phenoxy) is 12. The molecule has 6 aliphatic heterocycles. The Labute approximate surface area is 545 Å². The fourth-order valence-corrected chi connectivity index (χ4v) is 18.7. The lowest BCUT2D eigenvalue weighted by molar-refractivity contribution is -0.378. The first-order valence-corrected chi connectivity index (χ1v) is 33.5. The molecular weight excluding hydrogens is 1250 g/mol. The van der Waals surface area contributed by atoms with Gasteiger partial charge in [-0.2, -0.15) is 0 Å². The molecule has 6 saturated heterocycles. The highest BCUT2D eigenvalue weighted by molar-refractivity contribution is 5.79. The van der Waals surface area contributed by atoms with E-state index in [-0.39, 0.29) is 35.7 Å². The fraction of sp³-hybridized carbons (Fsp3) is 0.953. The van der Waals surface area contributed by atoms with Crippen molar-refractivity contribution in [2.45, 2.75) is 304 Å². The molecular formula is C64H104O30. The maximum atomic E-state index is 15.3. The zero-order valence-electron chi connectivity index (χ0n) is 54.7. The van der Waals surface area contributed by atoms with Crippen molar-refractivity contribution in [3.63, 3.8) is 0 Å². The molecule has 0 aromatic carbocycles. The summed E-state index contributed by atoms with van der Waals surface area (Å²) >= 11 is 0. The number of hydrogen-bond donors (Lipinski definition) is 17. The lowest BCUT2D eigenvalue weighted by Crippen LogP contribution is -2.67. The second-order valence-electron chi connectivity index (χ2n) is 31.0. The number of carbonyl (C=O) groups is 1. The van der Waals surface area contributed by atoms with Crippen molar-refractivity contribution in [3.05, 3.63) is 11.6 Å². The van der Waals surface area contributed by atoms with Gasteiger partial charge < -0.3 is 144 Å². The zero-order valence-corrected chi connectivity index (χ0v) is 54.7. The van der Waals surface area contributed by atoms with Gasteiger partial charge in [-0.3, -0.25) is 4.79 Å². The quantitative estimate of drug-likeness (QED) is 0.0447. The maximum Gasteiger partial charge on any atom is 0.315 e. The average molecular weight is 1350 g/mol. The number of rotatable bonds is 14. The summed E-state index contributed by atoms with van der Waals surface area (Å²) in [6, 6.07) is 0. The Balaban J connectivity index is 0.772. The van der Waals surface area contributed by atoms with Gasteiger partial charge in [0.1, 0.15) is 122 Å². The molecule has 0 aromatic heterocycles. The molecule has 0 amide bonds. The first-order chi connectivity index (χ1) is 44.0. The second kappa shape index (κ2) is 27.1. The van der Waals surface area contributed by atoms with Gasteiger partial charge in [0.05, 0.1) is 56.3 Å². The minimum absolute atomic E-state index is 0.0583. The van der Waals surface area contributed by atoms with Crippen molar-refractivity contribution in [2.24, 2.45) is 50.2 Å². The van der Waals surface area contributed by atoms with Gasteiger partial charge in [0.2, 0.25) is 6.29 Å². The van der Waals surface area contributed by atoms with Gasteiger partial charge in [-0.15, -0.1) is 0 Å². The van der Waals surface area contributed by atoms with Crippen LogP contribution in [0.2, 0.25) is 0 Å². The third-order valence-corrected chi connectivity index (χ3v) is 25.0. The van der Waals surface area contributed by atoms with Crippen molar-refractivity contribution >= 4 is 5.97 Å². The molecule has 10 fully saturated rings. The van der Waals surface area contributed by atoms with E-state index in [1.807, 2.05) is 13.8 Å². The predicted molar refractivity (Wildman–Crippen MR) is 315 cm³/mol. The molecule has 0 radical (unpaired) electrons. The van der Waals surface area contributed by atoms with Crippen LogP contribution in [0, 0.1) is 50.2 Å². The third kappa shape index (κ3) is 12.3. The topological polar surface area (TPSA) is 472 Å². The highest BCUT2D eigenvalue weighted by Gasteiger charge is 2.72. The average Bonchev–Trinajstić information content (AvgIpc) is 0.674. The third-order valence-electron chi connectivity index (χ3n) is 25.0. The summed E-state index contributed by atoms with van der Waals surface area (Å²) in [5.41, 5.74) is -2.84. The van der Waals surface area contributed by atoms with Crippen LogP contribution in [-0.4, -0.2) is 303 Å². The summed E-state index contributed by atoms with van der Waals surface area (Å²) in [4.78, 5) is 15.3. The van der Waals surface area contributed by atoms with E-state index in [2.05, 4.69) is 40.7 Å². The molecule has 0 unspecified atom stereocenters. The Morgan fingerprint density at radius 1 is 0.500 bits per heavy atom. The van der Waals surface area contributed by atoms with Gasteiger partial charge >= 0.3 is 5.97 Å². The molecule has 0 aromatic rings. The number of esters is 1. The van der Waals surface area contributed by atoms with Gasteiger partial charge in [0, 0.05) is 5.92 Å². The lowest BCUT2D eigenvalue weighted by atomic mass is 9.33. The highest BCUT2D eigenvalue weighted by atomic mass is 16.8. The van der Waals surface area contributed by atoms with Crippen LogP contribution in [-0.2, 0) is 61.6 Å². The number of allylic oxidation sites excluding steroid dienone is 1. The summed E-state index contributed by atoms with van der Waals surface area (Å²) in [5.74, 6) is -1.38. The van der Waals surface area contributed by atoms with Gasteiger partial charge in [0.25, 0.3) is 0 Å². The molecule has 6 heterocycles. The van der Waals surface area contributed by atoms with Crippen molar-refractivity contribution < 1.29 is 148 Å². The molecule has 30 heteroatoms. The Bertz CT molecular complexity index is 2660. The Hall–Kier alpha value is -1.91. The lowest BCUT2D eigenvalue weighted by Gasteiger charge is -2.71. The fourth-order valence-electron chi connectivity index (χ4n) is 18.7. The molecule has 5 aliphatic carbocycles. The monoisotopic (exact) mass is 1350 g/mol. The smallest absolute Gasteiger partial charge is 0.315 e. The summed E-state index contributed by atoms with van der Waals surface area (Å²) in [5, 5.41) is 186. The molecule has 4 saturated carbocycles. The summed E-state index contributed by atoms with van der Waals surface area (Å²) < 4.78 is 71.3. The van der Waals surface area contributed by atoms with E-state index in [4.69, 9.17) is 56.8 Å². The molecule has 30 nitrogen and oxygen atoms in total. The standard InChI is InChI=1S/C64H104O30/c1-24-35(68)40(73)44(77)54(86-24)91-48-29(20-65)88-52(46(79)42(48)75)85-23-30-39(72)41(74)45(78)55(89-30)94-58(82)64-18-16-59(3,4)51(81)34(64)26-10-11-32-61(7)14-13-33(60(5,6)31(61)12-15-63(32,9)62(26,8)17-19-64)90-57-50(38(71)28(67)22-84-57)93-56-47(80)49(36(69)25(2)87-56)92-53-43(76)37(70)27(66)21-83-53/h10,24-25,27-57,65-81H,11-23H2,1-9H3/t24-,25-,27+,28-,29+,30+,31-,32+,33-,34+,35-,36-,37-,38-,39+,40+,41-,42+,43+,44+,45+,46+,47+,48+,49+,50+,51-,52+,53-,54-,55-,56-,57-,61-,62+,63+,64-/m0/s1. The Morgan fingerprint density at radius 3 is 1.74 bits per heavy atom. The highest BCUT2D eigenvalue weighted by Crippen LogP contribution is 2.76. The van der Waals surface area contributed by atoms with Crippen molar-refractivity contribution in [1.29, 1.82) is 0 Å². The van der Waals surface area contributed by atoms with Crippen LogP contribution in [0.5, 0.6) is 0 Å².